The third-order valence-electron chi connectivity index (χ3n) is 4.49. The molecule has 0 aliphatic heterocycles. The van der Waals surface area contributed by atoms with Crippen LogP contribution in [0.4, 0.5) is 5.69 Å². The van der Waals surface area contributed by atoms with E-state index in [-0.39, 0.29) is 5.97 Å². The Labute approximate surface area is 165 Å². The van der Waals surface area contributed by atoms with Crippen LogP contribution in [-0.4, -0.2) is 30.5 Å². The molecule has 3 aromatic rings. The summed E-state index contributed by atoms with van der Waals surface area (Å²) in [7, 11) is 1.64. The van der Waals surface area contributed by atoms with Gasteiger partial charge in [0.1, 0.15) is 5.75 Å². The normalized spacial score (nSPS) is 11.0. The topological polar surface area (TPSA) is 52.8 Å². The van der Waals surface area contributed by atoms with Gasteiger partial charge in [0.25, 0.3) is 0 Å². The number of hydrogen-bond donors (Lipinski definition) is 0. The van der Waals surface area contributed by atoms with Crippen LogP contribution in [0.5, 0.6) is 5.75 Å². The SMILES string of the molecule is CCOC(=O)c1cccc(-n2c(C)cc(C=Nc3cccc(OC)c3)c2C)c1. The Bertz CT molecular complexity index is 1020. The summed E-state index contributed by atoms with van der Waals surface area (Å²) in [4.78, 5) is 16.6. The fourth-order valence-corrected chi connectivity index (χ4v) is 3.14. The molecular formula is C23H24N2O3. The van der Waals surface area contributed by atoms with Crippen molar-refractivity contribution >= 4 is 17.9 Å². The Morgan fingerprint density at radius 1 is 1.11 bits per heavy atom. The van der Waals surface area contributed by atoms with Gasteiger partial charge >= 0.3 is 5.97 Å². The van der Waals surface area contributed by atoms with Crippen LogP contribution in [0.3, 0.4) is 0 Å². The molecule has 1 aromatic heterocycles. The van der Waals surface area contributed by atoms with Gasteiger partial charge in [-0.1, -0.05) is 12.1 Å². The summed E-state index contributed by atoms with van der Waals surface area (Å²) in [5, 5.41) is 0. The Kier molecular flexibility index (Phi) is 5.94. The van der Waals surface area contributed by atoms with E-state index in [1.807, 2.05) is 62.5 Å². The molecule has 0 N–H and O–H groups in total. The lowest BCUT2D eigenvalue weighted by atomic mass is 10.2. The number of carbonyl (C=O) groups is 1. The van der Waals surface area contributed by atoms with Crippen LogP contribution in [0.2, 0.25) is 0 Å². The standard InChI is InChI=1S/C23H24N2O3/c1-5-28-23(26)18-8-6-10-21(13-18)25-16(2)12-19(17(25)3)15-24-20-9-7-11-22(14-20)27-4/h6-15H,5H2,1-4H3. The highest BCUT2D eigenvalue weighted by Crippen LogP contribution is 2.23. The monoisotopic (exact) mass is 376 g/mol. The summed E-state index contributed by atoms with van der Waals surface area (Å²) in [5.41, 5.74) is 5.41. The summed E-state index contributed by atoms with van der Waals surface area (Å²) < 4.78 is 12.5. The minimum absolute atomic E-state index is 0.313. The van der Waals surface area contributed by atoms with Crippen LogP contribution < -0.4 is 4.74 Å². The molecule has 0 unspecified atom stereocenters. The van der Waals surface area contributed by atoms with E-state index in [0.29, 0.717) is 12.2 Å². The Balaban J connectivity index is 1.93. The van der Waals surface area contributed by atoms with E-state index in [4.69, 9.17) is 9.47 Å². The zero-order chi connectivity index (χ0) is 20.1. The van der Waals surface area contributed by atoms with Gasteiger partial charge in [0.05, 0.1) is 25.0 Å². The summed E-state index contributed by atoms with van der Waals surface area (Å²) in [6.45, 7) is 6.23. The molecule has 0 bridgehead atoms. The first-order valence-electron chi connectivity index (χ1n) is 9.18. The van der Waals surface area contributed by atoms with Crippen molar-refractivity contribution in [3.8, 4) is 11.4 Å². The number of aliphatic imine (C=N–C) groups is 1. The van der Waals surface area contributed by atoms with Gasteiger partial charge in [-0.05, 0) is 57.2 Å². The molecule has 0 spiro atoms. The minimum atomic E-state index is -0.313. The van der Waals surface area contributed by atoms with Crippen molar-refractivity contribution in [2.24, 2.45) is 4.99 Å². The number of hydrogen-bond acceptors (Lipinski definition) is 4. The third kappa shape index (κ3) is 4.14. The maximum atomic E-state index is 12.1. The second kappa shape index (κ2) is 8.57. The molecule has 0 saturated heterocycles. The van der Waals surface area contributed by atoms with Crippen LogP contribution >= 0.6 is 0 Å². The smallest absolute Gasteiger partial charge is 0.338 e. The molecule has 3 rings (SSSR count). The maximum Gasteiger partial charge on any atom is 0.338 e. The second-order valence-corrected chi connectivity index (χ2v) is 6.39. The van der Waals surface area contributed by atoms with E-state index in [1.165, 1.54) is 0 Å². The summed E-state index contributed by atoms with van der Waals surface area (Å²) in [5.74, 6) is 0.461. The first-order chi connectivity index (χ1) is 13.5. The lowest BCUT2D eigenvalue weighted by Gasteiger charge is -2.11. The zero-order valence-electron chi connectivity index (χ0n) is 16.6. The van der Waals surface area contributed by atoms with E-state index in [1.54, 1.807) is 20.1 Å². The Morgan fingerprint density at radius 3 is 2.64 bits per heavy atom. The summed E-state index contributed by atoms with van der Waals surface area (Å²) in [6.07, 6.45) is 1.85. The third-order valence-corrected chi connectivity index (χ3v) is 4.49. The van der Waals surface area contributed by atoms with E-state index in [9.17, 15) is 4.79 Å². The number of esters is 1. The van der Waals surface area contributed by atoms with Gasteiger partial charge in [-0.3, -0.25) is 4.99 Å². The molecule has 2 aromatic carbocycles. The lowest BCUT2D eigenvalue weighted by Crippen LogP contribution is -2.06. The molecule has 5 heteroatoms. The van der Waals surface area contributed by atoms with Crippen LogP contribution in [0.1, 0.15) is 34.2 Å². The van der Waals surface area contributed by atoms with E-state index >= 15 is 0 Å². The van der Waals surface area contributed by atoms with Gasteiger partial charge in [0.2, 0.25) is 0 Å². The van der Waals surface area contributed by atoms with E-state index in [0.717, 1.165) is 34.1 Å². The van der Waals surface area contributed by atoms with Crippen molar-refractivity contribution < 1.29 is 14.3 Å². The fourth-order valence-electron chi connectivity index (χ4n) is 3.14. The van der Waals surface area contributed by atoms with Crippen molar-refractivity contribution in [1.82, 2.24) is 4.57 Å². The molecule has 0 atom stereocenters. The number of ether oxygens (including phenoxy) is 2. The Morgan fingerprint density at radius 2 is 1.89 bits per heavy atom. The number of aryl methyl sites for hydroxylation is 1. The molecule has 144 valence electrons. The summed E-state index contributed by atoms with van der Waals surface area (Å²) >= 11 is 0. The highest BCUT2D eigenvalue weighted by atomic mass is 16.5. The molecule has 0 fully saturated rings. The minimum Gasteiger partial charge on any atom is -0.497 e. The van der Waals surface area contributed by atoms with Crippen molar-refractivity contribution in [1.29, 1.82) is 0 Å². The molecule has 0 aliphatic rings. The van der Waals surface area contributed by atoms with Crippen molar-refractivity contribution in [2.45, 2.75) is 20.8 Å². The zero-order valence-corrected chi connectivity index (χ0v) is 16.6. The molecule has 5 nitrogen and oxygen atoms in total. The van der Waals surface area contributed by atoms with Crippen LogP contribution in [0, 0.1) is 13.8 Å². The van der Waals surface area contributed by atoms with Crippen molar-refractivity contribution in [3.05, 3.63) is 77.1 Å². The van der Waals surface area contributed by atoms with E-state index in [2.05, 4.69) is 15.6 Å². The van der Waals surface area contributed by atoms with Gasteiger partial charge in [-0.2, -0.15) is 0 Å². The van der Waals surface area contributed by atoms with E-state index < -0.39 is 0 Å². The van der Waals surface area contributed by atoms with Crippen LogP contribution in [-0.2, 0) is 4.74 Å². The first-order valence-corrected chi connectivity index (χ1v) is 9.18. The average Bonchev–Trinajstić information content (AvgIpc) is 3.00. The number of carbonyl (C=O) groups excluding carboxylic acids is 1. The van der Waals surface area contributed by atoms with Gasteiger partial charge in [-0.15, -0.1) is 0 Å². The highest BCUT2D eigenvalue weighted by molar-refractivity contribution is 5.90. The largest absolute Gasteiger partial charge is 0.497 e. The van der Waals surface area contributed by atoms with Crippen molar-refractivity contribution in [2.75, 3.05) is 13.7 Å². The van der Waals surface area contributed by atoms with Gasteiger partial charge in [0, 0.05) is 34.9 Å². The lowest BCUT2D eigenvalue weighted by molar-refractivity contribution is 0.0526. The van der Waals surface area contributed by atoms with Gasteiger partial charge in [-0.25, -0.2) is 4.79 Å². The van der Waals surface area contributed by atoms with Crippen molar-refractivity contribution in [3.63, 3.8) is 0 Å². The molecule has 0 amide bonds. The number of methoxy groups -OCH3 is 1. The molecular weight excluding hydrogens is 352 g/mol. The van der Waals surface area contributed by atoms with Gasteiger partial charge < -0.3 is 14.0 Å². The number of benzene rings is 2. The molecule has 0 radical (unpaired) electrons. The van der Waals surface area contributed by atoms with Gasteiger partial charge in [0.15, 0.2) is 0 Å². The quantitative estimate of drug-likeness (QED) is 0.448. The predicted octanol–water partition coefficient (Wildman–Crippen LogP) is 5.03. The summed E-state index contributed by atoms with van der Waals surface area (Å²) in [6, 6.07) is 17.2. The number of aromatic nitrogens is 1. The highest BCUT2D eigenvalue weighted by Gasteiger charge is 2.12. The molecule has 0 aliphatic carbocycles. The van der Waals surface area contributed by atoms with Crippen LogP contribution in [0.25, 0.3) is 5.69 Å². The Hall–Kier alpha value is -3.34. The fraction of sp³-hybridized carbons (Fsp3) is 0.217. The molecule has 0 saturated carbocycles. The maximum absolute atomic E-state index is 12.1. The predicted molar refractivity (Wildman–Crippen MR) is 111 cm³/mol. The molecule has 28 heavy (non-hydrogen) atoms. The molecule has 1 heterocycles. The average molecular weight is 376 g/mol. The van der Waals surface area contributed by atoms with Crippen LogP contribution in [0.15, 0.2) is 59.6 Å². The second-order valence-electron chi connectivity index (χ2n) is 6.39. The number of nitrogens with zero attached hydrogens (tertiary/aromatic N) is 2. The first kappa shape index (κ1) is 19.4. The number of rotatable bonds is 6.